The average Bonchev–Trinajstić information content (AvgIpc) is 2.29. The van der Waals surface area contributed by atoms with Gasteiger partial charge in [-0.1, -0.05) is 52.7 Å². The number of carbonyl (C=O) groups excluding carboxylic acids is 1. The van der Waals surface area contributed by atoms with Crippen molar-refractivity contribution in [2.45, 2.75) is 66.2 Å². The van der Waals surface area contributed by atoms with E-state index in [4.69, 9.17) is 4.74 Å². The fraction of sp³-hybridized carbons (Fsp3) is 0.812. The number of unbranched alkanes of at least 4 members (excludes halogenated alkanes) is 3. The van der Waals surface area contributed by atoms with Crippen LogP contribution in [0, 0.1) is 11.3 Å². The van der Waals surface area contributed by atoms with Gasteiger partial charge in [0.1, 0.15) is 0 Å². The van der Waals surface area contributed by atoms with Gasteiger partial charge in [-0.3, -0.25) is 4.79 Å². The molecule has 0 saturated carbocycles. The highest BCUT2D eigenvalue weighted by atomic mass is 16.5. The third kappa shape index (κ3) is 9.26. The SMILES string of the molecule is CCCCC/C=C/CC(CC(C)(C)C)C(=O)OC. The Morgan fingerprint density at radius 3 is 2.39 bits per heavy atom. The molecule has 0 bridgehead atoms. The molecule has 0 saturated heterocycles. The van der Waals surface area contributed by atoms with E-state index in [1.807, 2.05) is 0 Å². The van der Waals surface area contributed by atoms with Gasteiger partial charge in [0.25, 0.3) is 0 Å². The van der Waals surface area contributed by atoms with Crippen molar-refractivity contribution in [1.82, 2.24) is 0 Å². The molecule has 0 aromatic carbocycles. The summed E-state index contributed by atoms with van der Waals surface area (Å²) in [5.41, 5.74) is 0.162. The molecule has 106 valence electrons. The van der Waals surface area contributed by atoms with Gasteiger partial charge in [0.2, 0.25) is 0 Å². The largest absolute Gasteiger partial charge is 0.469 e. The van der Waals surface area contributed by atoms with Crippen molar-refractivity contribution < 1.29 is 9.53 Å². The maximum Gasteiger partial charge on any atom is 0.308 e. The Labute approximate surface area is 113 Å². The van der Waals surface area contributed by atoms with E-state index in [0.717, 1.165) is 19.3 Å². The Morgan fingerprint density at radius 1 is 1.22 bits per heavy atom. The van der Waals surface area contributed by atoms with Gasteiger partial charge in [0.05, 0.1) is 13.0 Å². The molecule has 0 fully saturated rings. The summed E-state index contributed by atoms with van der Waals surface area (Å²) in [6.45, 7) is 8.69. The van der Waals surface area contributed by atoms with Crippen molar-refractivity contribution in [2.75, 3.05) is 7.11 Å². The van der Waals surface area contributed by atoms with Crippen molar-refractivity contribution in [3.05, 3.63) is 12.2 Å². The molecule has 0 aromatic rings. The van der Waals surface area contributed by atoms with E-state index < -0.39 is 0 Å². The first-order chi connectivity index (χ1) is 8.40. The minimum atomic E-state index is -0.0804. The fourth-order valence-electron chi connectivity index (χ4n) is 2.06. The maximum absolute atomic E-state index is 11.7. The van der Waals surface area contributed by atoms with Gasteiger partial charge >= 0.3 is 5.97 Å². The molecule has 18 heavy (non-hydrogen) atoms. The number of hydrogen-bond donors (Lipinski definition) is 0. The van der Waals surface area contributed by atoms with Crippen molar-refractivity contribution in [3.63, 3.8) is 0 Å². The van der Waals surface area contributed by atoms with E-state index in [0.29, 0.717) is 0 Å². The van der Waals surface area contributed by atoms with Crippen LogP contribution in [0.4, 0.5) is 0 Å². The molecule has 0 spiro atoms. The monoisotopic (exact) mass is 254 g/mol. The maximum atomic E-state index is 11.7. The molecule has 1 unspecified atom stereocenters. The highest BCUT2D eigenvalue weighted by Crippen LogP contribution is 2.27. The summed E-state index contributed by atoms with van der Waals surface area (Å²) in [5, 5.41) is 0. The number of allylic oxidation sites excluding steroid dienone is 2. The lowest BCUT2D eigenvalue weighted by molar-refractivity contribution is -0.146. The zero-order chi connectivity index (χ0) is 14.0. The molecular formula is C16H30O2. The molecule has 2 nitrogen and oxygen atoms in total. The highest BCUT2D eigenvalue weighted by Gasteiger charge is 2.24. The predicted octanol–water partition coefficient (Wildman–Crippen LogP) is 4.74. The molecule has 0 radical (unpaired) electrons. The van der Waals surface area contributed by atoms with Crippen LogP contribution in [0.15, 0.2) is 12.2 Å². The highest BCUT2D eigenvalue weighted by molar-refractivity contribution is 5.72. The van der Waals surface area contributed by atoms with E-state index in [9.17, 15) is 4.79 Å². The quantitative estimate of drug-likeness (QED) is 0.355. The van der Waals surface area contributed by atoms with E-state index in [-0.39, 0.29) is 17.3 Å². The third-order valence-corrected chi connectivity index (χ3v) is 2.95. The van der Waals surface area contributed by atoms with Crippen LogP contribution >= 0.6 is 0 Å². The molecule has 0 heterocycles. The molecule has 0 aliphatic heterocycles. The summed E-state index contributed by atoms with van der Waals surface area (Å²) in [6, 6.07) is 0. The van der Waals surface area contributed by atoms with Gasteiger partial charge in [-0.25, -0.2) is 0 Å². The molecule has 0 N–H and O–H groups in total. The first-order valence-corrected chi connectivity index (χ1v) is 7.13. The van der Waals surface area contributed by atoms with Crippen LogP contribution in [0.3, 0.4) is 0 Å². The number of hydrogen-bond acceptors (Lipinski definition) is 2. The summed E-state index contributed by atoms with van der Waals surface area (Å²) in [6.07, 6.45) is 10.9. The van der Waals surface area contributed by atoms with E-state index in [1.165, 1.54) is 26.4 Å². The molecule has 0 aliphatic rings. The second-order valence-corrected chi connectivity index (χ2v) is 6.19. The van der Waals surface area contributed by atoms with Gasteiger partial charge in [0, 0.05) is 0 Å². The van der Waals surface area contributed by atoms with Gasteiger partial charge in [-0.05, 0) is 31.1 Å². The lowest BCUT2D eigenvalue weighted by atomic mass is 9.83. The van der Waals surface area contributed by atoms with Crippen LogP contribution in [0.5, 0.6) is 0 Å². The van der Waals surface area contributed by atoms with Crippen LogP contribution in [0.25, 0.3) is 0 Å². The minimum Gasteiger partial charge on any atom is -0.469 e. The first kappa shape index (κ1) is 17.2. The molecule has 0 amide bonds. The van der Waals surface area contributed by atoms with Crippen LogP contribution in [0.2, 0.25) is 0 Å². The van der Waals surface area contributed by atoms with Crippen molar-refractivity contribution in [2.24, 2.45) is 11.3 Å². The van der Waals surface area contributed by atoms with Crippen molar-refractivity contribution in [1.29, 1.82) is 0 Å². The van der Waals surface area contributed by atoms with Gasteiger partial charge in [-0.2, -0.15) is 0 Å². The predicted molar refractivity (Wildman–Crippen MR) is 77.5 cm³/mol. The van der Waals surface area contributed by atoms with E-state index >= 15 is 0 Å². The van der Waals surface area contributed by atoms with Gasteiger partial charge < -0.3 is 4.74 Å². The second-order valence-electron chi connectivity index (χ2n) is 6.19. The second kappa shape index (κ2) is 9.18. The van der Waals surface area contributed by atoms with E-state index in [2.05, 4.69) is 39.8 Å². The summed E-state index contributed by atoms with van der Waals surface area (Å²) >= 11 is 0. The molecule has 0 rings (SSSR count). The molecule has 2 heteroatoms. The van der Waals surface area contributed by atoms with Crippen molar-refractivity contribution >= 4 is 5.97 Å². The van der Waals surface area contributed by atoms with Gasteiger partial charge in [-0.15, -0.1) is 0 Å². The summed E-state index contributed by atoms with van der Waals surface area (Å²) < 4.78 is 4.88. The normalized spacial score (nSPS) is 13.8. The van der Waals surface area contributed by atoms with Crippen LogP contribution in [-0.4, -0.2) is 13.1 Å². The Kier molecular flexibility index (Phi) is 8.78. The summed E-state index contributed by atoms with van der Waals surface area (Å²) in [7, 11) is 1.48. The lowest BCUT2D eigenvalue weighted by Crippen LogP contribution is -2.21. The van der Waals surface area contributed by atoms with Crippen LogP contribution in [-0.2, 0) is 9.53 Å². The van der Waals surface area contributed by atoms with Gasteiger partial charge in [0.15, 0.2) is 0 Å². The minimum absolute atomic E-state index is 0.00238. The Hall–Kier alpha value is -0.790. The molecular weight excluding hydrogens is 224 g/mol. The Bertz CT molecular complexity index is 248. The molecule has 1 atom stereocenters. The first-order valence-electron chi connectivity index (χ1n) is 7.13. The lowest BCUT2D eigenvalue weighted by Gasteiger charge is -2.23. The number of carbonyl (C=O) groups is 1. The van der Waals surface area contributed by atoms with Crippen LogP contribution < -0.4 is 0 Å². The fourth-order valence-corrected chi connectivity index (χ4v) is 2.06. The smallest absolute Gasteiger partial charge is 0.308 e. The van der Waals surface area contributed by atoms with E-state index in [1.54, 1.807) is 0 Å². The summed E-state index contributed by atoms with van der Waals surface area (Å²) in [4.78, 5) is 11.7. The third-order valence-electron chi connectivity index (χ3n) is 2.95. The topological polar surface area (TPSA) is 26.3 Å². The van der Waals surface area contributed by atoms with Crippen LogP contribution in [0.1, 0.15) is 66.2 Å². The standard InChI is InChI=1S/C16H30O2/c1-6-7-8-9-10-11-12-14(15(17)18-5)13-16(2,3)4/h10-11,14H,6-9,12-13H2,1-5H3/b11-10+. The molecule has 0 aliphatic carbocycles. The summed E-state index contributed by atoms with van der Waals surface area (Å²) in [5.74, 6) is -0.0828. The number of ether oxygens (including phenoxy) is 1. The number of esters is 1. The zero-order valence-electron chi connectivity index (χ0n) is 12.8. The average molecular weight is 254 g/mol. The van der Waals surface area contributed by atoms with Crippen molar-refractivity contribution in [3.8, 4) is 0 Å². The number of rotatable bonds is 8. The Balaban J connectivity index is 4.13. The molecule has 0 aromatic heterocycles. The zero-order valence-corrected chi connectivity index (χ0v) is 12.8. The Morgan fingerprint density at radius 2 is 1.89 bits per heavy atom. The number of methoxy groups -OCH3 is 1.